The first-order chi connectivity index (χ1) is 13.9. The van der Waals surface area contributed by atoms with Crippen molar-refractivity contribution < 1.29 is 23.9 Å². The highest BCUT2D eigenvalue weighted by molar-refractivity contribution is 14.1. The Labute approximate surface area is 185 Å². The molecule has 7 nitrogen and oxygen atoms in total. The predicted octanol–water partition coefficient (Wildman–Crippen LogP) is 3.59. The van der Waals surface area contributed by atoms with Crippen molar-refractivity contribution in [1.82, 2.24) is 10.2 Å². The largest absolute Gasteiger partial charge is 0.488 e. The molecule has 0 radical (unpaired) electrons. The molecule has 1 saturated heterocycles. The number of nitrogens with one attached hydrogen (secondary N) is 1. The van der Waals surface area contributed by atoms with Gasteiger partial charge in [-0.2, -0.15) is 0 Å². The zero-order chi connectivity index (χ0) is 21.0. The summed E-state index contributed by atoms with van der Waals surface area (Å²) in [5, 5.41) is 3.10. The lowest BCUT2D eigenvalue weighted by Gasteiger charge is -2.10. The first kappa shape index (κ1) is 21.1. The molecule has 0 aromatic heterocycles. The Hall–Kier alpha value is -2.59. The van der Waals surface area contributed by atoms with Crippen LogP contribution in [0.25, 0.3) is 6.08 Å². The van der Waals surface area contributed by atoms with Crippen molar-refractivity contribution in [3.05, 3.63) is 67.9 Å². The van der Waals surface area contributed by atoms with Crippen LogP contribution in [0.3, 0.4) is 0 Å². The Kier molecular flexibility index (Phi) is 6.75. The van der Waals surface area contributed by atoms with Crippen LogP contribution in [0.4, 0.5) is 4.79 Å². The van der Waals surface area contributed by atoms with Gasteiger partial charge in [-0.25, -0.2) is 9.69 Å². The lowest BCUT2D eigenvalue weighted by molar-refractivity contribution is -0.143. The second kappa shape index (κ2) is 9.27. The van der Waals surface area contributed by atoms with Gasteiger partial charge in [0.1, 0.15) is 24.6 Å². The number of benzene rings is 2. The van der Waals surface area contributed by atoms with E-state index in [4.69, 9.17) is 16.3 Å². The van der Waals surface area contributed by atoms with Crippen molar-refractivity contribution >= 4 is 58.2 Å². The van der Waals surface area contributed by atoms with E-state index in [1.54, 1.807) is 18.2 Å². The molecule has 0 spiro atoms. The van der Waals surface area contributed by atoms with Crippen LogP contribution in [-0.4, -0.2) is 36.5 Å². The van der Waals surface area contributed by atoms with E-state index in [-0.39, 0.29) is 5.70 Å². The first-order valence-corrected chi connectivity index (χ1v) is 9.92. The standard InChI is InChI=1S/C20H16ClIN2O5/c1-28-18(25)10-24-19(26)16(23-20(24)27)9-12-6-7-17(15(22)8-12)29-11-13-4-2-3-5-14(13)21/h2-9H,10-11H2,1H3,(H,23,27)/b16-9+. The zero-order valence-corrected chi connectivity index (χ0v) is 18.2. The molecule has 1 heterocycles. The van der Waals surface area contributed by atoms with Crippen molar-refractivity contribution in [3.63, 3.8) is 0 Å². The van der Waals surface area contributed by atoms with Crippen LogP contribution in [0.15, 0.2) is 48.2 Å². The number of hydrogen-bond donors (Lipinski definition) is 1. The topological polar surface area (TPSA) is 84.9 Å². The summed E-state index contributed by atoms with van der Waals surface area (Å²) in [6, 6.07) is 12.1. The number of ether oxygens (including phenoxy) is 2. The molecule has 3 rings (SSSR count). The van der Waals surface area contributed by atoms with Crippen LogP contribution in [0, 0.1) is 3.57 Å². The molecule has 2 aromatic carbocycles. The third-order valence-electron chi connectivity index (χ3n) is 4.09. The van der Waals surface area contributed by atoms with E-state index < -0.39 is 24.5 Å². The molecule has 0 saturated carbocycles. The molecule has 29 heavy (non-hydrogen) atoms. The van der Waals surface area contributed by atoms with Crippen LogP contribution in [0.1, 0.15) is 11.1 Å². The fourth-order valence-electron chi connectivity index (χ4n) is 2.57. The first-order valence-electron chi connectivity index (χ1n) is 8.46. The van der Waals surface area contributed by atoms with Gasteiger partial charge in [0, 0.05) is 10.6 Å². The minimum Gasteiger partial charge on any atom is -0.488 e. The third kappa shape index (κ3) is 5.07. The summed E-state index contributed by atoms with van der Waals surface area (Å²) in [5.41, 5.74) is 1.66. The Morgan fingerprint density at radius 2 is 2.00 bits per heavy atom. The van der Waals surface area contributed by atoms with Gasteiger partial charge in [0.25, 0.3) is 5.91 Å². The molecule has 2 aromatic rings. The van der Waals surface area contributed by atoms with E-state index in [9.17, 15) is 14.4 Å². The number of urea groups is 1. The number of imide groups is 1. The molecule has 3 amide bonds. The second-order valence-corrected chi connectivity index (χ2v) is 7.59. The summed E-state index contributed by atoms with van der Waals surface area (Å²) in [6.45, 7) is -0.113. The highest BCUT2D eigenvalue weighted by atomic mass is 127. The lowest BCUT2D eigenvalue weighted by Crippen LogP contribution is -2.36. The van der Waals surface area contributed by atoms with Gasteiger partial charge in [-0.05, 0) is 52.4 Å². The fourth-order valence-corrected chi connectivity index (χ4v) is 3.46. The van der Waals surface area contributed by atoms with Gasteiger partial charge >= 0.3 is 12.0 Å². The average Bonchev–Trinajstić information content (AvgIpc) is 2.95. The average molecular weight is 527 g/mol. The third-order valence-corrected chi connectivity index (χ3v) is 5.30. The van der Waals surface area contributed by atoms with E-state index in [1.165, 1.54) is 13.2 Å². The number of hydrogen-bond acceptors (Lipinski definition) is 5. The lowest BCUT2D eigenvalue weighted by atomic mass is 10.2. The molecular formula is C20H16ClIN2O5. The zero-order valence-electron chi connectivity index (χ0n) is 15.3. The van der Waals surface area contributed by atoms with Crippen molar-refractivity contribution in [3.8, 4) is 5.75 Å². The minimum atomic E-state index is -0.677. The SMILES string of the molecule is COC(=O)CN1C(=O)N/C(=C/c2ccc(OCc3ccccc3Cl)c(I)c2)C1=O. The highest BCUT2D eigenvalue weighted by Gasteiger charge is 2.35. The molecule has 1 N–H and O–H groups in total. The second-order valence-electron chi connectivity index (χ2n) is 6.03. The van der Waals surface area contributed by atoms with Gasteiger partial charge in [0.2, 0.25) is 0 Å². The normalized spacial score (nSPS) is 14.9. The Morgan fingerprint density at radius 3 is 2.69 bits per heavy atom. The summed E-state index contributed by atoms with van der Waals surface area (Å²) >= 11 is 8.27. The van der Waals surface area contributed by atoms with E-state index in [0.29, 0.717) is 22.9 Å². The summed E-state index contributed by atoms with van der Waals surface area (Å²) in [6.07, 6.45) is 1.54. The molecule has 9 heteroatoms. The number of nitrogens with zero attached hydrogens (tertiary/aromatic N) is 1. The summed E-state index contributed by atoms with van der Waals surface area (Å²) in [7, 11) is 1.19. The maximum Gasteiger partial charge on any atom is 0.329 e. The van der Waals surface area contributed by atoms with Gasteiger partial charge in [-0.1, -0.05) is 35.9 Å². The van der Waals surface area contributed by atoms with Gasteiger partial charge in [0.05, 0.1) is 10.7 Å². The highest BCUT2D eigenvalue weighted by Crippen LogP contribution is 2.26. The summed E-state index contributed by atoms with van der Waals surface area (Å²) < 4.78 is 11.2. The van der Waals surface area contributed by atoms with Crippen LogP contribution in [0.2, 0.25) is 5.02 Å². The number of esters is 1. The molecule has 1 aliphatic heterocycles. The number of halogens is 2. The van der Waals surface area contributed by atoms with Crippen molar-refractivity contribution in [2.45, 2.75) is 6.61 Å². The van der Waals surface area contributed by atoms with E-state index >= 15 is 0 Å². The number of carbonyl (C=O) groups excluding carboxylic acids is 3. The van der Waals surface area contributed by atoms with Crippen LogP contribution < -0.4 is 10.1 Å². The van der Waals surface area contributed by atoms with Crippen LogP contribution >= 0.6 is 34.2 Å². The van der Waals surface area contributed by atoms with Crippen molar-refractivity contribution in [2.75, 3.05) is 13.7 Å². The molecule has 0 aliphatic carbocycles. The Bertz CT molecular complexity index is 1010. The minimum absolute atomic E-state index is 0.0828. The molecule has 0 unspecified atom stereocenters. The van der Waals surface area contributed by atoms with Crippen molar-refractivity contribution in [1.29, 1.82) is 0 Å². The molecule has 0 atom stereocenters. The smallest absolute Gasteiger partial charge is 0.329 e. The Morgan fingerprint density at radius 1 is 1.24 bits per heavy atom. The van der Waals surface area contributed by atoms with E-state index in [0.717, 1.165) is 14.0 Å². The maximum atomic E-state index is 12.3. The van der Waals surface area contributed by atoms with Gasteiger partial charge < -0.3 is 14.8 Å². The predicted molar refractivity (Wildman–Crippen MR) is 115 cm³/mol. The Balaban J connectivity index is 1.71. The molecule has 150 valence electrons. The summed E-state index contributed by atoms with van der Waals surface area (Å²) in [5.74, 6) is -0.597. The molecule has 1 aliphatic rings. The molecular weight excluding hydrogens is 511 g/mol. The number of rotatable bonds is 6. The van der Waals surface area contributed by atoms with E-state index in [2.05, 4.69) is 32.6 Å². The van der Waals surface area contributed by atoms with Crippen LogP contribution in [0.5, 0.6) is 5.75 Å². The maximum absolute atomic E-state index is 12.3. The molecule has 1 fully saturated rings. The monoisotopic (exact) mass is 526 g/mol. The van der Waals surface area contributed by atoms with Gasteiger partial charge in [-0.15, -0.1) is 0 Å². The van der Waals surface area contributed by atoms with Crippen LogP contribution in [-0.2, 0) is 20.9 Å². The number of methoxy groups -OCH3 is 1. The quantitative estimate of drug-likeness (QED) is 0.269. The number of carbonyl (C=O) groups is 3. The van der Waals surface area contributed by atoms with Gasteiger partial charge in [0.15, 0.2) is 0 Å². The fraction of sp³-hybridized carbons (Fsp3) is 0.150. The van der Waals surface area contributed by atoms with Gasteiger partial charge in [-0.3, -0.25) is 9.59 Å². The van der Waals surface area contributed by atoms with Crippen molar-refractivity contribution in [2.24, 2.45) is 0 Å². The molecule has 0 bridgehead atoms. The summed E-state index contributed by atoms with van der Waals surface area (Å²) in [4.78, 5) is 36.4. The number of amides is 3. The van der Waals surface area contributed by atoms with E-state index in [1.807, 2.05) is 24.3 Å².